The van der Waals surface area contributed by atoms with Crippen molar-refractivity contribution in [2.24, 2.45) is 5.10 Å². The van der Waals surface area contributed by atoms with Gasteiger partial charge in [0.25, 0.3) is 0 Å². The zero-order valence-electron chi connectivity index (χ0n) is 17.5. The molecule has 1 aliphatic carbocycles. The predicted molar refractivity (Wildman–Crippen MR) is 118 cm³/mol. The van der Waals surface area contributed by atoms with E-state index < -0.39 is 11.8 Å². The first kappa shape index (κ1) is 21.9. The molecule has 2 N–H and O–H groups in total. The summed E-state index contributed by atoms with van der Waals surface area (Å²) in [5, 5.41) is 7.26. The van der Waals surface area contributed by atoms with Gasteiger partial charge in [-0.05, 0) is 51.0 Å². The van der Waals surface area contributed by atoms with Crippen molar-refractivity contribution >= 4 is 29.6 Å². The molecule has 8 heteroatoms. The van der Waals surface area contributed by atoms with Gasteiger partial charge in [-0.3, -0.25) is 9.59 Å². The lowest BCUT2D eigenvalue weighted by Gasteiger charge is -2.22. The van der Waals surface area contributed by atoms with E-state index in [-0.39, 0.29) is 6.04 Å². The quantitative estimate of drug-likeness (QED) is 0.431. The van der Waals surface area contributed by atoms with E-state index >= 15 is 0 Å². The average molecular weight is 431 g/mol. The number of nitrogens with zero attached hydrogens (tertiary/aromatic N) is 2. The van der Waals surface area contributed by atoms with Gasteiger partial charge in [-0.1, -0.05) is 30.9 Å². The number of hydrazone groups is 1. The number of carbonyl (C=O) groups is 2. The van der Waals surface area contributed by atoms with E-state index in [9.17, 15) is 9.59 Å². The highest BCUT2D eigenvalue weighted by Gasteiger charge is 2.20. The molecule has 7 nitrogen and oxygen atoms in total. The zero-order valence-corrected chi connectivity index (χ0v) is 18.3. The highest BCUT2D eigenvalue weighted by molar-refractivity contribution is 6.35. The Labute approximate surface area is 181 Å². The molecule has 1 heterocycles. The Hall–Kier alpha value is -2.80. The summed E-state index contributed by atoms with van der Waals surface area (Å²) in [7, 11) is 1.57. The predicted octanol–water partition coefficient (Wildman–Crippen LogP) is 3.66. The number of amides is 2. The summed E-state index contributed by atoms with van der Waals surface area (Å²) in [5.41, 5.74) is 5.95. The summed E-state index contributed by atoms with van der Waals surface area (Å²) in [4.78, 5) is 24.0. The normalized spacial score (nSPS) is 14.7. The summed E-state index contributed by atoms with van der Waals surface area (Å²) in [5.74, 6) is -0.788. The van der Waals surface area contributed by atoms with Crippen LogP contribution in [0.1, 0.15) is 49.1 Å². The van der Waals surface area contributed by atoms with E-state index in [0.29, 0.717) is 10.8 Å². The Morgan fingerprint density at radius 1 is 1.17 bits per heavy atom. The highest BCUT2D eigenvalue weighted by Crippen LogP contribution is 2.29. The summed E-state index contributed by atoms with van der Waals surface area (Å²) < 4.78 is 7.24. The lowest BCUT2D eigenvalue weighted by molar-refractivity contribution is -0.139. The van der Waals surface area contributed by atoms with E-state index in [4.69, 9.17) is 16.3 Å². The number of rotatable bonds is 5. The van der Waals surface area contributed by atoms with Gasteiger partial charge in [0, 0.05) is 28.7 Å². The maximum Gasteiger partial charge on any atom is 0.329 e. The second-order valence-corrected chi connectivity index (χ2v) is 7.90. The Morgan fingerprint density at radius 3 is 2.57 bits per heavy atom. The molecule has 1 saturated carbocycles. The van der Waals surface area contributed by atoms with Crippen LogP contribution in [0.15, 0.2) is 29.4 Å². The van der Waals surface area contributed by atoms with Gasteiger partial charge in [0.2, 0.25) is 0 Å². The third-order valence-corrected chi connectivity index (χ3v) is 5.68. The third kappa shape index (κ3) is 5.02. The van der Waals surface area contributed by atoms with Crippen LogP contribution in [0.5, 0.6) is 5.75 Å². The van der Waals surface area contributed by atoms with Crippen molar-refractivity contribution in [1.82, 2.24) is 15.3 Å². The van der Waals surface area contributed by atoms with Crippen LogP contribution in [-0.2, 0) is 9.59 Å². The van der Waals surface area contributed by atoms with Crippen molar-refractivity contribution in [3.63, 3.8) is 0 Å². The molecule has 30 heavy (non-hydrogen) atoms. The van der Waals surface area contributed by atoms with Gasteiger partial charge in [0.1, 0.15) is 5.75 Å². The van der Waals surface area contributed by atoms with E-state index in [1.807, 2.05) is 42.7 Å². The van der Waals surface area contributed by atoms with E-state index in [1.165, 1.54) is 12.6 Å². The monoisotopic (exact) mass is 430 g/mol. The van der Waals surface area contributed by atoms with Crippen LogP contribution in [0.2, 0.25) is 5.02 Å². The van der Waals surface area contributed by atoms with Gasteiger partial charge in [-0.2, -0.15) is 5.10 Å². The summed E-state index contributed by atoms with van der Waals surface area (Å²) in [6.07, 6.45) is 6.73. The fourth-order valence-electron chi connectivity index (χ4n) is 3.82. The van der Waals surface area contributed by atoms with Gasteiger partial charge in [-0.15, -0.1) is 0 Å². The van der Waals surface area contributed by atoms with Crippen molar-refractivity contribution in [1.29, 1.82) is 0 Å². The number of ether oxygens (including phenoxy) is 1. The second kappa shape index (κ2) is 9.80. The van der Waals surface area contributed by atoms with Gasteiger partial charge >= 0.3 is 11.8 Å². The molecule has 1 fully saturated rings. The number of benzene rings is 1. The molecule has 0 spiro atoms. The minimum Gasteiger partial charge on any atom is -0.495 e. The van der Waals surface area contributed by atoms with Crippen LogP contribution in [0.25, 0.3) is 5.69 Å². The molecule has 0 radical (unpaired) electrons. The van der Waals surface area contributed by atoms with Crippen LogP contribution in [0.4, 0.5) is 0 Å². The number of aromatic nitrogens is 1. The van der Waals surface area contributed by atoms with Crippen molar-refractivity contribution < 1.29 is 14.3 Å². The number of nitrogens with one attached hydrogen (secondary N) is 2. The lowest BCUT2D eigenvalue weighted by Crippen LogP contribution is -2.44. The van der Waals surface area contributed by atoms with Gasteiger partial charge in [0.15, 0.2) is 0 Å². The smallest absolute Gasteiger partial charge is 0.329 e. The molecule has 1 aromatic carbocycles. The van der Waals surface area contributed by atoms with Crippen LogP contribution in [0, 0.1) is 13.8 Å². The standard InChI is InChI=1S/C22H27ClN4O3/c1-14-11-16(15(2)27(14)18-9-10-20(30-3)19(23)12-18)13-24-26-22(29)21(28)25-17-7-5-4-6-8-17/h9-13,17H,4-8H2,1-3H3,(H,25,28)(H,26,29)/b24-13-. The molecule has 0 unspecified atom stereocenters. The molecule has 0 saturated heterocycles. The van der Waals surface area contributed by atoms with Crippen molar-refractivity contribution in [2.45, 2.75) is 52.0 Å². The fourth-order valence-corrected chi connectivity index (χ4v) is 4.07. The maximum absolute atomic E-state index is 12.0. The molecular weight excluding hydrogens is 404 g/mol. The highest BCUT2D eigenvalue weighted by atomic mass is 35.5. The lowest BCUT2D eigenvalue weighted by atomic mass is 9.95. The Bertz CT molecular complexity index is 962. The van der Waals surface area contributed by atoms with Gasteiger partial charge in [-0.25, -0.2) is 5.43 Å². The molecule has 0 atom stereocenters. The van der Waals surface area contributed by atoms with Crippen molar-refractivity contribution in [2.75, 3.05) is 7.11 Å². The molecular formula is C22H27ClN4O3. The largest absolute Gasteiger partial charge is 0.495 e. The molecule has 0 bridgehead atoms. The molecule has 1 aromatic heterocycles. The fraction of sp³-hybridized carbons (Fsp3) is 0.409. The molecule has 160 valence electrons. The van der Waals surface area contributed by atoms with Crippen LogP contribution in [-0.4, -0.2) is 35.7 Å². The van der Waals surface area contributed by atoms with E-state index in [0.717, 1.165) is 48.3 Å². The Kier molecular flexibility index (Phi) is 7.15. The molecule has 0 aliphatic heterocycles. The minimum atomic E-state index is -0.757. The maximum atomic E-state index is 12.0. The number of hydrogen-bond donors (Lipinski definition) is 2. The van der Waals surface area contributed by atoms with E-state index in [1.54, 1.807) is 7.11 Å². The summed E-state index contributed by atoms with van der Waals surface area (Å²) >= 11 is 6.26. The van der Waals surface area contributed by atoms with Crippen molar-refractivity contribution in [3.05, 3.63) is 46.2 Å². The molecule has 3 rings (SSSR count). The van der Waals surface area contributed by atoms with Crippen LogP contribution in [0.3, 0.4) is 0 Å². The topological polar surface area (TPSA) is 84.7 Å². The average Bonchev–Trinajstić information content (AvgIpc) is 3.01. The summed E-state index contributed by atoms with van der Waals surface area (Å²) in [6, 6.07) is 7.60. The molecule has 2 amide bonds. The Balaban J connectivity index is 1.66. The van der Waals surface area contributed by atoms with Crippen molar-refractivity contribution in [3.8, 4) is 11.4 Å². The SMILES string of the molecule is COc1ccc(-n2c(C)cc(/C=N\NC(=O)C(=O)NC3CCCCC3)c2C)cc1Cl. The third-order valence-electron chi connectivity index (χ3n) is 5.38. The van der Waals surface area contributed by atoms with Gasteiger partial charge in [0.05, 0.1) is 18.3 Å². The van der Waals surface area contributed by atoms with E-state index in [2.05, 4.69) is 15.8 Å². The number of aryl methyl sites for hydroxylation is 1. The first-order valence-corrected chi connectivity index (χ1v) is 10.4. The first-order chi connectivity index (χ1) is 14.4. The number of halogens is 1. The van der Waals surface area contributed by atoms with Crippen LogP contribution < -0.4 is 15.5 Å². The zero-order chi connectivity index (χ0) is 21.7. The number of methoxy groups -OCH3 is 1. The van der Waals surface area contributed by atoms with Crippen LogP contribution >= 0.6 is 11.6 Å². The number of hydrogen-bond acceptors (Lipinski definition) is 4. The molecule has 1 aliphatic rings. The van der Waals surface area contributed by atoms with Gasteiger partial charge < -0.3 is 14.6 Å². The minimum absolute atomic E-state index is 0.0798. The Morgan fingerprint density at radius 2 is 1.90 bits per heavy atom. The summed E-state index contributed by atoms with van der Waals surface area (Å²) in [6.45, 7) is 3.92. The number of carbonyl (C=O) groups excluding carboxylic acids is 2. The molecule has 2 aromatic rings. The second-order valence-electron chi connectivity index (χ2n) is 7.49. The first-order valence-electron chi connectivity index (χ1n) is 10.1.